The molecule has 1 atom stereocenters. The van der Waals surface area contributed by atoms with Gasteiger partial charge in [-0.25, -0.2) is 0 Å². The van der Waals surface area contributed by atoms with Gasteiger partial charge in [-0.3, -0.25) is 9.59 Å². The van der Waals surface area contributed by atoms with Gasteiger partial charge in [0.2, 0.25) is 0 Å². The molecule has 1 unspecified atom stereocenters. The molecule has 0 aliphatic rings. The lowest BCUT2D eigenvalue weighted by molar-refractivity contribution is -0.163. The van der Waals surface area contributed by atoms with E-state index in [1.807, 2.05) is 0 Å². The highest BCUT2D eigenvalue weighted by Gasteiger charge is 2.17. The predicted octanol–water partition coefficient (Wildman–Crippen LogP) is 12.0. The van der Waals surface area contributed by atoms with Crippen LogP contribution in [0.2, 0.25) is 0 Å². The lowest BCUT2D eigenvalue weighted by Crippen LogP contribution is -2.30. The number of carbonyl (C=O) groups is 2. The molecule has 0 aliphatic carbocycles. The highest BCUT2D eigenvalue weighted by molar-refractivity contribution is 5.70. The van der Waals surface area contributed by atoms with Gasteiger partial charge in [-0.1, -0.05) is 161 Å². The molecule has 0 aromatic heterocycles. The first-order chi connectivity index (χ1) is 21.6. The van der Waals surface area contributed by atoms with Crippen molar-refractivity contribution in [3.05, 3.63) is 12.2 Å². The van der Waals surface area contributed by atoms with Gasteiger partial charge in [-0.15, -0.1) is 0 Å². The Bertz CT molecular complexity index is 632. The number of esters is 2. The number of carbonyl (C=O) groups excluding carboxylic acids is 2. The van der Waals surface area contributed by atoms with Crippen molar-refractivity contribution in [2.45, 2.75) is 207 Å². The monoisotopic (exact) mass is 623 g/mol. The SMILES string of the molecule is CCCC/C=C\CCCCCCCCOCC(COC(=O)CCCCCCCCCCC)OC(=O)CCCCCCCCC. The molecule has 0 fully saturated rings. The molecule has 0 saturated carbocycles. The molecule has 0 rings (SSSR count). The van der Waals surface area contributed by atoms with E-state index in [0.717, 1.165) is 38.5 Å². The second kappa shape index (κ2) is 36.1. The fraction of sp³-hybridized carbons (Fsp3) is 0.897. The summed E-state index contributed by atoms with van der Waals surface area (Å²) in [4.78, 5) is 24.9. The van der Waals surface area contributed by atoms with Crippen molar-refractivity contribution in [1.29, 1.82) is 0 Å². The van der Waals surface area contributed by atoms with Crippen molar-refractivity contribution in [2.75, 3.05) is 19.8 Å². The Morgan fingerprint density at radius 2 is 0.909 bits per heavy atom. The van der Waals surface area contributed by atoms with E-state index >= 15 is 0 Å². The fourth-order valence-corrected chi connectivity index (χ4v) is 5.37. The average molecular weight is 623 g/mol. The van der Waals surface area contributed by atoms with Crippen molar-refractivity contribution >= 4 is 11.9 Å². The maximum absolute atomic E-state index is 12.5. The maximum atomic E-state index is 12.5. The average Bonchev–Trinajstić information content (AvgIpc) is 3.02. The minimum absolute atomic E-state index is 0.0892. The zero-order chi connectivity index (χ0) is 32.2. The third kappa shape index (κ3) is 33.5. The lowest BCUT2D eigenvalue weighted by Gasteiger charge is -2.18. The molecule has 0 aromatic rings. The molecular weight excluding hydrogens is 548 g/mol. The fourth-order valence-electron chi connectivity index (χ4n) is 5.37. The topological polar surface area (TPSA) is 61.8 Å². The first-order valence-corrected chi connectivity index (χ1v) is 19.2. The van der Waals surface area contributed by atoms with Gasteiger partial charge in [-0.05, 0) is 38.5 Å². The van der Waals surface area contributed by atoms with Gasteiger partial charge in [0.15, 0.2) is 6.10 Å². The van der Waals surface area contributed by atoms with E-state index in [2.05, 4.69) is 32.9 Å². The summed E-state index contributed by atoms with van der Waals surface area (Å²) in [6.07, 6.45) is 36.3. The van der Waals surface area contributed by atoms with E-state index < -0.39 is 6.10 Å². The van der Waals surface area contributed by atoms with Crippen LogP contribution in [0.4, 0.5) is 0 Å². The van der Waals surface area contributed by atoms with Crippen molar-refractivity contribution in [2.24, 2.45) is 0 Å². The second-order valence-electron chi connectivity index (χ2n) is 12.8. The molecule has 0 aliphatic heterocycles. The van der Waals surface area contributed by atoms with Crippen molar-refractivity contribution in [3.63, 3.8) is 0 Å². The molecule has 0 aromatic carbocycles. The zero-order valence-electron chi connectivity index (χ0n) is 29.7. The minimum atomic E-state index is -0.524. The van der Waals surface area contributed by atoms with Gasteiger partial charge in [0.25, 0.3) is 0 Å². The molecule has 44 heavy (non-hydrogen) atoms. The van der Waals surface area contributed by atoms with Gasteiger partial charge in [0.05, 0.1) is 6.61 Å². The smallest absolute Gasteiger partial charge is 0.306 e. The number of hydrogen-bond donors (Lipinski definition) is 0. The van der Waals surface area contributed by atoms with Crippen molar-refractivity contribution in [3.8, 4) is 0 Å². The van der Waals surface area contributed by atoms with E-state index in [4.69, 9.17) is 14.2 Å². The Hall–Kier alpha value is -1.36. The van der Waals surface area contributed by atoms with E-state index in [1.54, 1.807) is 0 Å². The number of hydrogen-bond acceptors (Lipinski definition) is 5. The molecule has 0 heterocycles. The van der Waals surface area contributed by atoms with Crippen molar-refractivity contribution < 1.29 is 23.8 Å². The summed E-state index contributed by atoms with van der Waals surface area (Å²) in [6, 6.07) is 0. The predicted molar refractivity (Wildman–Crippen MR) is 187 cm³/mol. The van der Waals surface area contributed by atoms with Crippen LogP contribution < -0.4 is 0 Å². The molecule has 0 radical (unpaired) electrons. The van der Waals surface area contributed by atoms with E-state index in [1.165, 1.54) is 128 Å². The number of unbranched alkanes of at least 4 members (excludes halogenated alkanes) is 22. The largest absolute Gasteiger partial charge is 0.462 e. The Balaban J connectivity index is 4.18. The molecule has 0 saturated heterocycles. The van der Waals surface area contributed by atoms with Gasteiger partial charge >= 0.3 is 11.9 Å². The Labute approximate surface area is 274 Å². The number of allylic oxidation sites excluding steroid dienone is 2. The van der Waals surface area contributed by atoms with Crippen LogP contribution in [0.25, 0.3) is 0 Å². The Morgan fingerprint density at radius 1 is 0.477 bits per heavy atom. The standard InChI is InChI=1S/C39H74O5/c1-4-7-10-13-16-18-19-20-22-25-28-31-34-42-35-37(44-39(41)33-30-27-23-15-12-9-6-3)36-43-38(40)32-29-26-24-21-17-14-11-8-5-2/h13,16,37H,4-12,14-15,17-36H2,1-3H3/b16-13-. The van der Waals surface area contributed by atoms with Crippen LogP contribution in [0, 0.1) is 0 Å². The molecule has 5 nitrogen and oxygen atoms in total. The minimum Gasteiger partial charge on any atom is -0.462 e. The molecule has 0 bridgehead atoms. The van der Waals surface area contributed by atoms with Crippen molar-refractivity contribution in [1.82, 2.24) is 0 Å². The first kappa shape index (κ1) is 42.6. The summed E-state index contributed by atoms with van der Waals surface area (Å²) in [5, 5.41) is 0. The summed E-state index contributed by atoms with van der Waals surface area (Å²) in [7, 11) is 0. The van der Waals surface area contributed by atoms with Crippen LogP contribution in [0.3, 0.4) is 0 Å². The van der Waals surface area contributed by atoms with Crippen LogP contribution in [-0.2, 0) is 23.8 Å². The number of ether oxygens (including phenoxy) is 3. The first-order valence-electron chi connectivity index (χ1n) is 19.2. The van der Waals surface area contributed by atoms with Crippen LogP contribution in [0.15, 0.2) is 12.2 Å². The van der Waals surface area contributed by atoms with Gasteiger partial charge in [0, 0.05) is 19.4 Å². The summed E-state index contributed by atoms with van der Waals surface area (Å²) >= 11 is 0. The molecular formula is C39H74O5. The van der Waals surface area contributed by atoms with Gasteiger partial charge < -0.3 is 14.2 Å². The Morgan fingerprint density at radius 3 is 1.45 bits per heavy atom. The second-order valence-corrected chi connectivity index (χ2v) is 12.8. The summed E-state index contributed by atoms with van der Waals surface area (Å²) in [6.45, 7) is 7.74. The van der Waals surface area contributed by atoms with Crippen LogP contribution in [0.5, 0.6) is 0 Å². The van der Waals surface area contributed by atoms with Crippen LogP contribution >= 0.6 is 0 Å². The third-order valence-corrected chi connectivity index (χ3v) is 8.30. The lowest BCUT2D eigenvalue weighted by atomic mass is 10.1. The van der Waals surface area contributed by atoms with Crippen LogP contribution in [-0.4, -0.2) is 37.9 Å². The van der Waals surface area contributed by atoms with E-state index in [9.17, 15) is 9.59 Å². The highest BCUT2D eigenvalue weighted by Crippen LogP contribution is 2.13. The maximum Gasteiger partial charge on any atom is 0.306 e. The van der Waals surface area contributed by atoms with E-state index in [0.29, 0.717) is 26.1 Å². The molecule has 0 amide bonds. The normalized spacial score (nSPS) is 12.2. The molecule has 0 spiro atoms. The van der Waals surface area contributed by atoms with E-state index in [-0.39, 0.29) is 18.5 Å². The molecule has 0 N–H and O–H groups in total. The summed E-state index contributed by atoms with van der Waals surface area (Å²) in [5.41, 5.74) is 0. The van der Waals surface area contributed by atoms with Gasteiger partial charge in [0.1, 0.15) is 6.61 Å². The summed E-state index contributed by atoms with van der Waals surface area (Å²) < 4.78 is 17.1. The Kier molecular flexibility index (Phi) is 35.0. The molecule has 260 valence electrons. The molecule has 5 heteroatoms. The summed E-state index contributed by atoms with van der Waals surface area (Å²) in [5.74, 6) is -0.403. The third-order valence-electron chi connectivity index (χ3n) is 8.30. The quantitative estimate of drug-likeness (QED) is 0.0400. The number of rotatable bonds is 35. The van der Waals surface area contributed by atoms with Gasteiger partial charge in [-0.2, -0.15) is 0 Å². The highest BCUT2D eigenvalue weighted by atomic mass is 16.6. The van der Waals surface area contributed by atoms with Crippen LogP contribution in [0.1, 0.15) is 201 Å². The zero-order valence-corrected chi connectivity index (χ0v) is 29.7.